The predicted octanol–water partition coefficient (Wildman–Crippen LogP) is 4.61. The van der Waals surface area contributed by atoms with Gasteiger partial charge in [0.25, 0.3) is 11.8 Å². The van der Waals surface area contributed by atoms with Gasteiger partial charge in [-0.1, -0.05) is 30.5 Å². The van der Waals surface area contributed by atoms with Crippen molar-refractivity contribution in [2.45, 2.75) is 32.0 Å². The molecule has 0 aliphatic carbocycles. The molecule has 39 heavy (non-hydrogen) atoms. The van der Waals surface area contributed by atoms with Gasteiger partial charge in [-0.15, -0.1) is 0 Å². The Balaban J connectivity index is 2.04. The van der Waals surface area contributed by atoms with Crippen LogP contribution in [0.15, 0.2) is 72.1 Å². The molecule has 0 bridgehead atoms. The highest BCUT2D eigenvalue weighted by Crippen LogP contribution is 2.26. The maximum Gasteiger partial charge on any atom is 0.276 e. The molecule has 0 aliphatic heterocycles. The molecule has 0 radical (unpaired) electrons. The van der Waals surface area contributed by atoms with E-state index in [1.54, 1.807) is 18.2 Å². The number of aromatic nitrogens is 3. The highest BCUT2D eigenvalue weighted by molar-refractivity contribution is 7.98. The maximum atomic E-state index is 14.8. The molecule has 0 fully saturated rings. The van der Waals surface area contributed by atoms with Crippen LogP contribution in [-0.2, 0) is 0 Å². The molecule has 0 atom stereocenters. The number of nitrogens with two attached hydrogens (primary N) is 2. The number of hydrogen-bond donors (Lipinski definition) is 4. The Morgan fingerprint density at radius 1 is 1.08 bits per heavy atom. The zero-order valence-electron chi connectivity index (χ0n) is 22.1. The van der Waals surface area contributed by atoms with Crippen LogP contribution >= 0.6 is 11.8 Å². The Morgan fingerprint density at radius 2 is 1.82 bits per heavy atom. The standard InChI is InChI=1S/C28H30FN7O2S/c1-6-8-17(23-14-24(31)36-28(35-23)39-5)21(7-2)34-27(38)25-20(30)11-12-22(33-25)18-13-16(9-10-19(18)29)26(37)32-15(3)4/h6-15H,2,30H2,1,3-5H3,(H,32,37)(H,34,38)(H2,31,35,36)/b8-6-,21-17-. The van der Waals surface area contributed by atoms with E-state index < -0.39 is 11.7 Å². The van der Waals surface area contributed by atoms with Crippen molar-refractivity contribution in [2.24, 2.45) is 0 Å². The van der Waals surface area contributed by atoms with Crippen LogP contribution in [0.25, 0.3) is 16.8 Å². The summed E-state index contributed by atoms with van der Waals surface area (Å²) in [6, 6.07) is 8.38. The highest BCUT2D eigenvalue weighted by atomic mass is 32.2. The Hall–Kier alpha value is -4.51. The number of anilines is 2. The highest BCUT2D eigenvalue weighted by Gasteiger charge is 2.19. The molecule has 6 N–H and O–H groups in total. The second-order valence-electron chi connectivity index (χ2n) is 8.61. The van der Waals surface area contributed by atoms with Crippen molar-refractivity contribution in [1.82, 2.24) is 25.6 Å². The summed E-state index contributed by atoms with van der Waals surface area (Å²) in [5, 5.41) is 6.00. The second-order valence-corrected chi connectivity index (χ2v) is 9.38. The van der Waals surface area contributed by atoms with E-state index in [-0.39, 0.29) is 46.0 Å². The van der Waals surface area contributed by atoms with Gasteiger partial charge >= 0.3 is 0 Å². The average Bonchev–Trinajstić information content (AvgIpc) is 2.90. The van der Waals surface area contributed by atoms with E-state index in [0.717, 1.165) is 0 Å². The zero-order chi connectivity index (χ0) is 28.7. The lowest BCUT2D eigenvalue weighted by atomic mass is 10.0. The van der Waals surface area contributed by atoms with Gasteiger partial charge in [0, 0.05) is 34.5 Å². The van der Waals surface area contributed by atoms with Gasteiger partial charge in [0.05, 0.1) is 17.1 Å². The first-order valence-corrected chi connectivity index (χ1v) is 13.2. The number of halogens is 1. The molecule has 0 unspecified atom stereocenters. The first-order chi connectivity index (χ1) is 18.6. The summed E-state index contributed by atoms with van der Waals surface area (Å²) in [6.45, 7) is 9.28. The Morgan fingerprint density at radius 3 is 2.46 bits per heavy atom. The molecule has 3 aromatic rings. The van der Waals surface area contributed by atoms with Gasteiger partial charge in [-0.25, -0.2) is 19.3 Å². The number of pyridine rings is 1. The van der Waals surface area contributed by atoms with Crippen molar-refractivity contribution in [1.29, 1.82) is 0 Å². The number of nitrogens with zero attached hydrogens (tertiary/aromatic N) is 3. The summed E-state index contributed by atoms with van der Waals surface area (Å²) < 4.78 is 14.8. The number of allylic oxidation sites excluding steroid dienone is 4. The number of nitrogens with one attached hydrogen (secondary N) is 2. The smallest absolute Gasteiger partial charge is 0.276 e. The molecule has 2 aromatic heterocycles. The number of hydrogen-bond acceptors (Lipinski definition) is 8. The quantitative estimate of drug-likeness (QED) is 0.172. The van der Waals surface area contributed by atoms with Gasteiger partial charge in [0.1, 0.15) is 11.6 Å². The molecular weight excluding hydrogens is 517 g/mol. The molecular formula is C28H30FN7O2S. The van der Waals surface area contributed by atoms with E-state index in [9.17, 15) is 14.0 Å². The summed E-state index contributed by atoms with van der Waals surface area (Å²) in [5.74, 6) is -1.34. The Bertz CT molecular complexity index is 1480. The molecule has 2 amide bonds. The zero-order valence-corrected chi connectivity index (χ0v) is 22.9. The average molecular weight is 548 g/mol. The Kier molecular flexibility index (Phi) is 9.56. The number of thioether (sulfide) groups is 1. The normalized spacial score (nSPS) is 11.8. The third kappa shape index (κ3) is 7.08. The summed E-state index contributed by atoms with van der Waals surface area (Å²) in [6.07, 6.45) is 6.81. The van der Waals surface area contributed by atoms with Gasteiger partial charge in [0.2, 0.25) is 0 Å². The van der Waals surface area contributed by atoms with Crippen LogP contribution in [0.3, 0.4) is 0 Å². The van der Waals surface area contributed by atoms with Crippen molar-refractivity contribution >= 4 is 40.7 Å². The van der Waals surface area contributed by atoms with Crippen LogP contribution in [0.1, 0.15) is 47.3 Å². The molecule has 0 saturated carbocycles. The van der Waals surface area contributed by atoms with Crippen molar-refractivity contribution in [3.8, 4) is 11.3 Å². The summed E-state index contributed by atoms with van der Waals surface area (Å²) in [4.78, 5) is 38.8. The number of benzene rings is 1. The van der Waals surface area contributed by atoms with Gasteiger partial charge in [-0.3, -0.25) is 9.59 Å². The SMILES string of the molecule is C=C/C(NC(=O)c1nc(-c2cc(C(=O)NC(C)C)ccc2F)ccc1N)=C(\C=C/C)c1cc(N)nc(SC)n1. The number of rotatable bonds is 9. The minimum Gasteiger partial charge on any atom is -0.397 e. The molecule has 11 heteroatoms. The third-order valence-corrected chi connectivity index (χ3v) is 5.87. The maximum absolute atomic E-state index is 14.8. The van der Waals surface area contributed by atoms with Crippen molar-refractivity contribution in [2.75, 3.05) is 17.7 Å². The lowest BCUT2D eigenvalue weighted by Gasteiger charge is -2.14. The van der Waals surface area contributed by atoms with Crippen molar-refractivity contribution in [3.05, 3.63) is 89.7 Å². The van der Waals surface area contributed by atoms with E-state index in [1.165, 1.54) is 48.2 Å². The molecule has 2 heterocycles. The van der Waals surface area contributed by atoms with Crippen LogP contribution in [0.5, 0.6) is 0 Å². The predicted molar refractivity (Wildman–Crippen MR) is 154 cm³/mol. The number of carbonyl (C=O) groups is 2. The van der Waals surface area contributed by atoms with Crippen LogP contribution in [0.2, 0.25) is 0 Å². The molecule has 9 nitrogen and oxygen atoms in total. The van der Waals surface area contributed by atoms with Crippen LogP contribution in [-0.4, -0.2) is 39.1 Å². The fourth-order valence-electron chi connectivity index (χ4n) is 3.57. The van der Waals surface area contributed by atoms with Gasteiger partial charge < -0.3 is 22.1 Å². The first kappa shape index (κ1) is 29.1. The fraction of sp³-hybridized carbons (Fsp3) is 0.179. The van der Waals surface area contributed by atoms with Crippen molar-refractivity contribution in [3.63, 3.8) is 0 Å². The molecule has 1 aromatic carbocycles. The van der Waals surface area contributed by atoms with E-state index in [4.69, 9.17) is 11.5 Å². The van der Waals surface area contributed by atoms with Gasteiger partial charge in [-0.05, 0) is 63.4 Å². The topological polar surface area (TPSA) is 149 Å². The minimum atomic E-state index is -0.646. The molecule has 0 spiro atoms. The monoisotopic (exact) mass is 547 g/mol. The lowest BCUT2D eigenvalue weighted by molar-refractivity contribution is 0.0940. The minimum absolute atomic E-state index is 0.0515. The second kappa shape index (κ2) is 12.8. The van der Waals surface area contributed by atoms with E-state index in [1.807, 2.05) is 27.0 Å². The molecule has 202 valence electrons. The number of amides is 2. The summed E-state index contributed by atoms with van der Waals surface area (Å²) in [7, 11) is 0. The van der Waals surface area contributed by atoms with Gasteiger partial charge in [0.15, 0.2) is 10.9 Å². The lowest BCUT2D eigenvalue weighted by Crippen LogP contribution is -2.30. The van der Waals surface area contributed by atoms with Gasteiger partial charge in [-0.2, -0.15) is 0 Å². The largest absolute Gasteiger partial charge is 0.397 e. The number of carbonyl (C=O) groups excluding carboxylic acids is 2. The van der Waals surface area contributed by atoms with Crippen LogP contribution in [0.4, 0.5) is 15.9 Å². The van der Waals surface area contributed by atoms with E-state index >= 15 is 0 Å². The third-order valence-electron chi connectivity index (χ3n) is 5.33. The van der Waals surface area contributed by atoms with Crippen LogP contribution in [0, 0.1) is 5.82 Å². The van der Waals surface area contributed by atoms with Crippen molar-refractivity contribution < 1.29 is 14.0 Å². The van der Waals surface area contributed by atoms with E-state index in [0.29, 0.717) is 22.1 Å². The number of nitrogen functional groups attached to an aromatic ring is 2. The first-order valence-electron chi connectivity index (χ1n) is 11.9. The summed E-state index contributed by atoms with van der Waals surface area (Å²) in [5.41, 5.74) is 13.8. The molecule has 0 saturated heterocycles. The molecule has 0 aliphatic rings. The fourth-order valence-corrected chi connectivity index (χ4v) is 3.96. The van der Waals surface area contributed by atoms with Crippen LogP contribution < -0.4 is 22.1 Å². The summed E-state index contributed by atoms with van der Waals surface area (Å²) >= 11 is 1.33. The molecule has 3 rings (SSSR count). The van der Waals surface area contributed by atoms with E-state index in [2.05, 4.69) is 32.2 Å². The Labute approximate surface area is 230 Å².